The van der Waals surface area contributed by atoms with Crippen molar-refractivity contribution in [3.05, 3.63) is 35.5 Å². The summed E-state index contributed by atoms with van der Waals surface area (Å²) in [5.74, 6) is 0.458. The predicted molar refractivity (Wildman–Crippen MR) is 79.3 cm³/mol. The highest BCUT2D eigenvalue weighted by Crippen LogP contribution is 2.18. The first-order valence-corrected chi connectivity index (χ1v) is 7.13. The highest BCUT2D eigenvalue weighted by atomic mass is 16.5. The van der Waals surface area contributed by atoms with E-state index in [-0.39, 0.29) is 12.1 Å². The second kappa shape index (κ2) is 6.52. The molecule has 0 bridgehead atoms. The summed E-state index contributed by atoms with van der Waals surface area (Å²) in [6.45, 7) is 0.380. The summed E-state index contributed by atoms with van der Waals surface area (Å²) in [5.41, 5.74) is 3.05. The van der Waals surface area contributed by atoms with Crippen LogP contribution in [0.4, 0.5) is 10.6 Å². The molecule has 2 heterocycles. The molecule has 0 radical (unpaired) electrons. The average molecular weight is 302 g/mol. The maximum Gasteiger partial charge on any atom is 0.320 e. The first-order chi connectivity index (χ1) is 10.7. The zero-order valence-electron chi connectivity index (χ0n) is 12.3. The number of H-pyrrole nitrogens is 1. The number of amides is 2. The molecule has 1 atom stereocenters. The minimum atomic E-state index is -0.265. The molecule has 3 N–H and O–H groups in total. The molecular formula is C14H18N6O2. The molecule has 0 saturated heterocycles. The normalized spacial score (nSPS) is 16.9. The molecule has 0 spiro atoms. The number of rotatable bonds is 4. The number of nitrogens with zero attached hydrogens (tertiary/aromatic N) is 3. The van der Waals surface area contributed by atoms with Gasteiger partial charge in [0.05, 0.1) is 18.5 Å². The molecule has 0 fully saturated rings. The zero-order chi connectivity index (χ0) is 15.4. The van der Waals surface area contributed by atoms with Gasteiger partial charge in [-0.25, -0.2) is 14.8 Å². The van der Waals surface area contributed by atoms with E-state index in [9.17, 15) is 4.79 Å². The average Bonchev–Trinajstić information content (AvgIpc) is 2.95. The summed E-state index contributed by atoms with van der Waals surface area (Å²) in [7, 11) is 1.59. The van der Waals surface area contributed by atoms with Gasteiger partial charge in [0, 0.05) is 24.9 Å². The topological polar surface area (TPSA) is 105 Å². The first-order valence-electron chi connectivity index (χ1n) is 7.13. The molecule has 22 heavy (non-hydrogen) atoms. The second-order valence-electron chi connectivity index (χ2n) is 5.24. The monoisotopic (exact) mass is 302 g/mol. The number of nitrogens with one attached hydrogen (secondary N) is 3. The lowest BCUT2D eigenvalue weighted by Gasteiger charge is -2.22. The third-order valence-electron chi connectivity index (χ3n) is 3.61. The number of urea groups is 1. The van der Waals surface area contributed by atoms with E-state index in [0.717, 1.165) is 19.3 Å². The van der Waals surface area contributed by atoms with Gasteiger partial charge in [0.1, 0.15) is 12.1 Å². The molecule has 0 unspecified atom stereocenters. The Morgan fingerprint density at radius 3 is 3.27 bits per heavy atom. The van der Waals surface area contributed by atoms with Gasteiger partial charge in [-0.2, -0.15) is 5.10 Å². The second-order valence-corrected chi connectivity index (χ2v) is 5.24. The summed E-state index contributed by atoms with van der Waals surface area (Å²) in [6.07, 6.45) is 5.80. The van der Waals surface area contributed by atoms with Crippen LogP contribution in [-0.2, 0) is 24.2 Å². The van der Waals surface area contributed by atoms with Crippen LogP contribution in [0.25, 0.3) is 0 Å². The molecule has 0 aliphatic heterocycles. The summed E-state index contributed by atoms with van der Waals surface area (Å²) in [5, 5.41) is 12.7. The number of carbonyl (C=O) groups excluding carboxylic acids is 1. The predicted octanol–water partition coefficient (Wildman–Crippen LogP) is 1.03. The van der Waals surface area contributed by atoms with Crippen molar-refractivity contribution in [2.24, 2.45) is 0 Å². The van der Waals surface area contributed by atoms with Crippen LogP contribution in [0.2, 0.25) is 0 Å². The Labute approximate surface area is 127 Å². The Hall–Kier alpha value is -2.48. The van der Waals surface area contributed by atoms with Crippen LogP contribution in [0, 0.1) is 0 Å². The fraction of sp³-hybridized carbons (Fsp3) is 0.429. The maximum absolute atomic E-state index is 12.1. The van der Waals surface area contributed by atoms with Crippen LogP contribution >= 0.6 is 0 Å². The highest BCUT2D eigenvalue weighted by molar-refractivity contribution is 5.88. The van der Waals surface area contributed by atoms with E-state index < -0.39 is 0 Å². The van der Waals surface area contributed by atoms with E-state index in [1.165, 1.54) is 17.6 Å². The minimum absolute atomic E-state index is 0.102. The lowest BCUT2D eigenvalue weighted by Crippen LogP contribution is -2.41. The number of methoxy groups -OCH3 is 1. The zero-order valence-corrected chi connectivity index (χ0v) is 12.3. The van der Waals surface area contributed by atoms with Crippen molar-refractivity contribution >= 4 is 11.8 Å². The summed E-state index contributed by atoms with van der Waals surface area (Å²) >= 11 is 0. The maximum atomic E-state index is 12.1. The first kappa shape index (κ1) is 14.5. The lowest BCUT2D eigenvalue weighted by molar-refractivity contribution is 0.181. The highest BCUT2D eigenvalue weighted by Gasteiger charge is 2.21. The number of aryl methyl sites for hydroxylation is 1. The number of carbonyl (C=O) groups is 1. The summed E-state index contributed by atoms with van der Waals surface area (Å²) in [6, 6.07) is 1.53. The molecular weight excluding hydrogens is 284 g/mol. The summed E-state index contributed by atoms with van der Waals surface area (Å²) in [4.78, 5) is 20.1. The van der Waals surface area contributed by atoms with Crippen LogP contribution < -0.4 is 10.6 Å². The van der Waals surface area contributed by atoms with Crippen molar-refractivity contribution in [3.8, 4) is 0 Å². The van der Waals surface area contributed by atoms with Crippen LogP contribution in [0.1, 0.15) is 23.4 Å². The molecule has 116 valence electrons. The number of hydrogen-bond donors (Lipinski definition) is 3. The molecule has 2 aromatic heterocycles. The Bertz CT molecular complexity index is 656. The molecule has 0 saturated carbocycles. The van der Waals surface area contributed by atoms with Gasteiger partial charge in [-0.3, -0.25) is 10.4 Å². The Morgan fingerprint density at radius 1 is 1.50 bits per heavy atom. The van der Waals surface area contributed by atoms with E-state index in [2.05, 4.69) is 30.8 Å². The fourth-order valence-electron chi connectivity index (χ4n) is 2.57. The number of anilines is 1. The Kier molecular flexibility index (Phi) is 4.29. The van der Waals surface area contributed by atoms with Crippen LogP contribution in [0.5, 0.6) is 0 Å². The van der Waals surface area contributed by atoms with Gasteiger partial charge in [0.15, 0.2) is 0 Å². The standard InChI is InChI=1S/C14H18N6O2/c1-22-7-11-5-13(16-8-15-11)19-14(21)18-10-2-3-12-9(4-10)6-17-20-12/h5-6,8,10H,2-4,7H2,1H3,(H,17,20)(H2,15,16,18,19,21)/t10-/m1/s1. The molecule has 0 aromatic carbocycles. The fourth-order valence-corrected chi connectivity index (χ4v) is 2.57. The molecule has 8 nitrogen and oxygen atoms in total. The Balaban J connectivity index is 1.56. The number of aromatic nitrogens is 4. The molecule has 1 aliphatic carbocycles. The van der Waals surface area contributed by atoms with E-state index in [0.29, 0.717) is 18.1 Å². The number of fused-ring (bicyclic) bond motifs is 1. The van der Waals surface area contributed by atoms with Crippen molar-refractivity contribution in [2.75, 3.05) is 12.4 Å². The van der Waals surface area contributed by atoms with Crippen molar-refractivity contribution in [1.82, 2.24) is 25.5 Å². The Morgan fingerprint density at radius 2 is 2.41 bits per heavy atom. The quantitative estimate of drug-likeness (QED) is 0.782. The van der Waals surface area contributed by atoms with E-state index >= 15 is 0 Å². The van der Waals surface area contributed by atoms with Gasteiger partial charge in [0.2, 0.25) is 0 Å². The van der Waals surface area contributed by atoms with Crippen LogP contribution in [-0.4, -0.2) is 39.3 Å². The van der Waals surface area contributed by atoms with E-state index in [4.69, 9.17) is 4.74 Å². The molecule has 8 heteroatoms. The third kappa shape index (κ3) is 3.40. The van der Waals surface area contributed by atoms with Gasteiger partial charge < -0.3 is 10.1 Å². The van der Waals surface area contributed by atoms with Gasteiger partial charge >= 0.3 is 6.03 Å². The third-order valence-corrected chi connectivity index (χ3v) is 3.61. The van der Waals surface area contributed by atoms with Gasteiger partial charge in [-0.15, -0.1) is 0 Å². The molecule has 3 rings (SSSR count). The number of aromatic amines is 1. The molecule has 1 aliphatic rings. The smallest absolute Gasteiger partial charge is 0.320 e. The van der Waals surface area contributed by atoms with Gasteiger partial charge in [0.25, 0.3) is 0 Å². The lowest BCUT2D eigenvalue weighted by atomic mass is 9.94. The molecule has 2 aromatic rings. The van der Waals surface area contributed by atoms with Crippen molar-refractivity contribution < 1.29 is 9.53 Å². The van der Waals surface area contributed by atoms with Gasteiger partial charge in [-0.05, 0) is 24.8 Å². The van der Waals surface area contributed by atoms with Crippen molar-refractivity contribution in [3.63, 3.8) is 0 Å². The minimum Gasteiger partial charge on any atom is -0.378 e. The van der Waals surface area contributed by atoms with Crippen molar-refractivity contribution in [2.45, 2.75) is 31.9 Å². The van der Waals surface area contributed by atoms with E-state index in [1.54, 1.807) is 13.2 Å². The number of hydrogen-bond acceptors (Lipinski definition) is 5. The van der Waals surface area contributed by atoms with Crippen LogP contribution in [0.3, 0.4) is 0 Å². The van der Waals surface area contributed by atoms with Gasteiger partial charge in [-0.1, -0.05) is 0 Å². The molecule has 2 amide bonds. The number of ether oxygens (including phenoxy) is 1. The van der Waals surface area contributed by atoms with Crippen LogP contribution in [0.15, 0.2) is 18.6 Å². The SMILES string of the molecule is COCc1cc(NC(=O)N[C@@H]2CCc3[nH]ncc3C2)ncn1. The van der Waals surface area contributed by atoms with Crippen molar-refractivity contribution in [1.29, 1.82) is 0 Å². The largest absolute Gasteiger partial charge is 0.378 e. The summed E-state index contributed by atoms with van der Waals surface area (Å²) < 4.78 is 5.01. The van der Waals surface area contributed by atoms with E-state index in [1.807, 2.05) is 6.20 Å².